The third-order valence-corrected chi connectivity index (χ3v) is 5.08. The number of nitrogens with two attached hydrogens (primary N) is 2. The summed E-state index contributed by atoms with van der Waals surface area (Å²) in [6, 6.07) is 0. The second kappa shape index (κ2) is 21.3. The summed E-state index contributed by atoms with van der Waals surface area (Å²) < 4.78 is 10.8. The smallest absolute Gasteiger partial charge is 0.306 e. The molecule has 0 bridgehead atoms. The van der Waals surface area contributed by atoms with E-state index in [0.717, 1.165) is 38.5 Å². The van der Waals surface area contributed by atoms with Gasteiger partial charge >= 0.3 is 11.9 Å². The molecule has 6 N–H and O–H groups in total. The van der Waals surface area contributed by atoms with Gasteiger partial charge in [-0.3, -0.25) is 19.2 Å². The summed E-state index contributed by atoms with van der Waals surface area (Å²) in [4.78, 5) is 50.5. The predicted octanol–water partition coefficient (Wildman–Crippen LogP) is 1.68. The highest BCUT2D eigenvalue weighted by molar-refractivity contribution is 5.93. The molecule has 2 atom stereocenters. The van der Waals surface area contributed by atoms with Crippen LogP contribution in [0.4, 0.5) is 0 Å². The van der Waals surface area contributed by atoms with E-state index in [1.807, 2.05) is 13.8 Å². The van der Waals surface area contributed by atoms with Gasteiger partial charge in [-0.2, -0.15) is 0 Å². The number of rotatable bonds is 21. The van der Waals surface area contributed by atoms with Crippen molar-refractivity contribution in [2.75, 3.05) is 26.2 Å². The normalized spacial score (nSPS) is 12.5. The molecule has 0 aromatic rings. The standard InChI is InChI=1S/C24H46N4O6/c1-3-17-27-23(31)21(33-19(29)13-9-5-7-11-15-25)22(24(32)28-18-4-2)34-20(30)14-10-6-8-12-16-26/h21-22H,3-18,25-26H2,1-2H3,(H,27,31)(H,28,32)/t21-,22-/m1/s1. The van der Waals surface area contributed by atoms with Crippen LogP contribution in [-0.2, 0) is 28.7 Å². The highest BCUT2D eigenvalue weighted by atomic mass is 16.6. The van der Waals surface area contributed by atoms with E-state index in [2.05, 4.69) is 10.6 Å². The van der Waals surface area contributed by atoms with Crippen molar-refractivity contribution in [2.24, 2.45) is 11.5 Å². The molecule has 0 aliphatic rings. The lowest BCUT2D eigenvalue weighted by molar-refractivity contribution is -0.176. The van der Waals surface area contributed by atoms with Gasteiger partial charge in [0.1, 0.15) is 0 Å². The quantitative estimate of drug-likeness (QED) is 0.141. The SMILES string of the molecule is CCCNC(=O)[C@H](OC(=O)CCCCCCN)[C@@H](OC(=O)CCCCCCN)C(=O)NCCC. The first-order valence-corrected chi connectivity index (χ1v) is 12.8. The molecule has 0 rings (SSSR count). The second-order valence-electron chi connectivity index (χ2n) is 8.31. The molecule has 0 radical (unpaired) electrons. The number of ether oxygens (including phenoxy) is 2. The topological polar surface area (TPSA) is 163 Å². The van der Waals surface area contributed by atoms with Crippen LogP contribution in [0.3, 0.4) is 0 Å². The van der Waals surface area contributed by atoms with Crippen molar-refractivity contribution in [1.29, 1.82) is 0 Å². The van der Waals surface area contributed by atoms with Crippen LogP contribution in [0.2, 0.25) is 0 Å². The van der Waals surface area contributed by atoms with Crippen molar-refractivity contribution in [3.8, 4) is 0 Å². The van der Waals surface area contributed by atoms with Crippen LogP contribution >= 0.6 is 0 Å². The van der Waals surface area contributed by atoms with Crippen molar-refractivity contribution in [1.82, 2.24) is 10.6 Å². The average molecular weight is 487 g/mol. The van der Waals surface area contributed by atoms with Crippen molar-refractivity contribution in [3.05, 3.63) is 0 Å². The summed E-state index contributed by atoms with van der Waals surface area (Å²) in [6.07, 6.45) is 4.71. The third-order valence-electron chi connectivity index (χ3n) is 5.08. The van der Waals surface area contributed by atoms with Crippen molar-refractivity contribution < 1.29 is 28.7 Å². The number of nitrogens with one attached hydrogen (secondary N) is 2. The predicted molar refractivity (Wildman–Crippen MR) is 131 cm³/mol. The minimum atomic E-state index is -1.55. The van der Waals surface area contributed by atoms with E-state index in [-0.39, 0.29) is 12.8 Å². The molecule has 0 aliphatic heterocycles. The molecule has 198 valence electrons. The summed E-state index contributed by atoms with van der Waals surface area (Å²) in [6.45, 7) is 5.61. The highest BCUT2D eigenvalue weighted by Crippen LogP contribution is 2.13. The molecule has 0 spiro atoms. The van der Waals surface area contributed by atoms with Crippen LogP contribution in [0.1, 0.15) is 90.9 Å². The number of carbonyl (C=O) groups is 4. The molecule has 0 saturated heterocycles. The van der Waals surface area contributed by atoms with E-state index >= 15 is 0 Å². The van der Waals surface area contributed by atoms with E-state index in [1.54, 1.807) is 0 Å². The second-order valence-corrected chi connectivity index (χ2v) is 8.31. The Morgan fingerprint density at radius 3 is 1.29 bits per heavy atom. The summed E-state index contributed by atoms with van der Waals surface area (Å²) in [5, 5.41) is 5.28. The van der Waals surface area contributed by atoms with Gasteiger partial charge in [-0.15, -0.1) is 0 Å². The molecule has 10 heteroatoms. The molecule has 0 heterocycles. The number of unbranched alkanes of at least 4 members (excludes halogenated alkanes) is 6. The Kier molecular flexibility index (Phi) is 20.0. The molecule has 10 nitrogen and oxygen atoms in total. The van der Waals surface area contributed by atoms with Gasteiger partial charge in [0.05, 0.1) is 0 Å². The van der Waals surface area contributed by atoms with E-state index in [1.165, 1.54) is 0 Å². The first-order chi connectivity index (χ1) is 16.4. The van der Waals surface area contributed by atoms with Gasteiger partial charge < -0.3 is 31.6 Å². The number of amides is 2. The Morgan fingerprint density at radius 2 is 0.971 bits per heavy atom. The highest BCUT2D eigenvalue weighted by Gasteiger charge is 2.39. The molecule has 0 aliphatic carbocycles. The molecule has 0 unspecified atom stereocenters. The fourth-order valence-corrected chi connectivity index (χ4v) is 3.14. The van der Waals surface area contributed by atoms with Crippen LogP contribution < -0.4 is 22.1 Å². The Hall–Kier alpha value is -2.20. The third kappa shape index (κ3) is 15.6. The molecular weight excluding hydrogens is 440 g/mol. The van der Waals surface area contributed by atoms with Gasteiger partial charge in [0.15, 0.2) is 0 Å². The summed E-state index contributed by atoms with van der Waals surface area (Å²) in [5.74, 6) is -2.55. The summed E-state index contributed by atoms with van der Waals surface area (Å²) in [5.41, 5.74) is 11.0. The first-order valence-electron chi connectivity index (χ1n) is 12.8. The lowest BCUT2D eigenvalue weighted by atomic mass is 10.1. The zero-order chi connectivity index (χ0) is 25.6. The monoisotopic (exact) mass is 486 g/mol. The van der Waals surface area contributed by atoms with Crippen molar-refractivity contribution in [3.63, 3.8) is 0 Å². The van der Waals surface area contributed by atoms with E-state index in [4.69, 9.17) is 20.9 Å². The number of hydrogen-bond acceptors (Lipinski definition) is 8. The van der Waals surface area contributed by atoms with Crippen molar-refractivity contribution >= 4 is 23.8 Å². The Bertz CT molecular complexity index is 538. The molecule has 0 saturated carbocycles. The van der Waals surface area contributed by atoms with Crippen LogP contribution in [0, 0.1) is 0 Å². The molecule has 0 aromatic heterocycles. The lowest BCUT2D eigenvalue weighted by Gasteiger charge is -2.25. The lowest BCUT2D eigenvalue weighted by Crippen LogP contribution is -2.53. The molecule has 0 aromatic carbocycles. The molecule has 0 fully saturated rings. The van der Waals surface area contributed by atoms with E-state index < -0.39 is 36.0 Å². The fourth-order valence-electron chi connectivity index (χ4n) is 3.14. The van der Waals surface area contributed by atoms with Crippen LogP contribution in [0.5, 0.6) is 0 Å². The summed E-state index contributed by atoms with van der Waals surface area (Å²) >= 11 is 0. The maximum atomic E-state index is 12.8. The van der Waals surface area contributed by atoms with Crippen LogP contribution in [0.25, 0.3) is 0 Å². The van der Waals surface area contributed by atoms with Crippen LogP contribution in [-0.4, -0.2) is 62.1 Å². The van der Waals surface area contributed by atoms with Gasteiger partial charge in [0, 0.05) is 25.9 Å². The number of esters is 2. The van der Waals surface area contributed by atoms with E-state index in [9.17, 15) is 19.2 Å². The largest absolute Gasteiger partial charge is 0.448 e. The summed E-state index contributed by atoms with van der Waals surface area (Å²) in [7, 11) is 0. The Morgan fingerprint density at radius 1 is 0.618 bits per heavy atom. The maximum absolute atomic E-state index is 12.8. The number of carbonyl (C=O) groups excluding carboxylic acids is 4. The fraction of sp³-hybridized carbons (Fsp3) is 0.833. The number of hydrogen-bond donors (Lipinski definition) is 4. The molecular formula is C24H46N4O6. The van der Waals surface area contributed by atoms with Gasteiger partial charge in [0.25, 0.3) is 11.8 Å². The first kappa shape index (κ1) is 31.8. The zero-order valence-corrected chi connectivity index (χ0v) is 21.1. The molecule has 34 heavy (non-hydrogen) atoms. The van der Waals surface area contributed by atoms with Crippen molar-refractivity contribution in [2.45, 2.75) is 103 Å². The van der Waals surface area contributed by atoms with Gasteiger partial charge in [-0.05, 0) is 51.6 Å². The van der Waals surface area contributed by atoms with Gasteiger partial charge in [-0.1, -0.05) is 39.5 Å². The van der Waals surface area contributed by atoms with Crippen LogP contribution in [0.15, 0.2) is 0 Å². The average Bonchev–Trinajstić information content (AvgIpc) is 2.82. The Balaban J connectivity index is 5.30. The zero-order valence-electron chi connectivity index (χ0n) is 21.1. The van der Waals surface area contributed by atoms with E-state index in [0.29, 0.717) is 51.9 Å². The maximum Gasteiger partial charge on any atom is 0.306 e. The van der Waals surface area contributed by atoms with Gasteiger partial charge in [0.2, 0.25) is 12.2 Å². The minimum Gasteiger partial charge on any atom is -0.448 e. The van der Waals surface area contributed by atoms with Gasteiger partial charge in [-0.25, -0.2) is 0 Å². The Labute approximate surface area is 204 Å². The minimum absolute atomic E-state index is 0.0977. The molecule has 2 amide bonds.